The molecule has 0 radical (unpaired) electrons. The molecule has 0 aliphatic carbocycles. The molecule has 3 aromatic rings. The zero-order chi connectivity index (χ0) is 24.0. The molecule has 3 aromatic carbocycles. The van der Waals surface area contributed by atoms with Gasteiger partial charge < -0.3 is 5.32 Å². The second kappa shape index (κ2) is 11.0. The number of hydrogen-bond donors (Lipinski definition) is 1. The van der Waals surface area contributed by atoms with Gasteiger partial charge >= 0.3 is 0 Å². The van der Waals surface area contributed by atoms with Crippen molar-refractivity contribution < 1.29 is 17.6 Å². The first kappa shape index (κ1) is 25.1. The van der Waals surface area contributed by atoms with E-state index in [0.717, 1.165) is 5.56 Å². The van der Waals surface area contributed by atoms with Gasteiger partial charge in [-0.3, -0.25) is 9.10 Å². The second-order valence-electron chi connectivity index (χ2n) is 7.34. The highest BCUT2D eigenvalue weighted by atomic mass is 35.5. The van der Waals surface area contributed by atoms with Crippen molar-refractivity contribution in [1.82, 2.24) is 5.32 Å². The fourth-order valence-corrected chi connectivity index (χ4v) is 5.41. The van der Waals surface area contributed by atoms with Crippen LogP contribution in [0.2, 0.25) is 5.02 Å². The third kappa shape index (κ3) is 6.28. The first-order chi connectivity index (χ1) is 15.7. The van der Waals surface area contributed by atoms with Crippen LogP contribution in [0.3, 0.4) is 0 Å². The Kier molecular flexibility index (Phi) is 8.40. The lowest BCUT2D eigenvalue weighted by Crippen LogP contribution is -2.27. The summed E-state index contributed by atoms with van der Waals surface area (Å²) in [6.45, 7) is 2.29. The Labute approximate surface area is 203 Å². The molecule has 0 aliphatic rings. The summed E-state index contributed by atoms with van der Waals surface area (Å²) in [5.41, 5.74) is 2.30. The van der Waals surface area contributed by atoms with Crippen molar-refractivity contribution in [3.05, 3.63) is 94.3 Å². The monoisotopic (exact) mass is 506 g/mol. The fraction of sp³-hybridized carbons (Fsp3) is 0.208. The maximum Gasteiger partial charge on any atom is 0.264 e. The number of thioether (sulfide) groups is 1. The van der Waals surface area contributed by atoms with Gasteiger partial charge in [-0.25, -0.2) is 12.8 Å². The highest BCUT2D eigenvalue weighted by Gasteiger charge is 2.21. The van der Waals surface area contributed by atoms with Gasteiger partial charge in [0.25, 0.3) is 15.9 Å². The van der Waals surface area contributed by atoms with Crippen LogP contribution in [-0.2, 0) is 15.8 Å². The van der Waals surface area contributed by atoms with E-state index < -0.39 is 10.0 Å². The SMILES string of the molecule is Cc1ccc(S(=O)(=O)N(C)c2ccc(C(=O)NCCSCc3c(F)cccc3Cl)cc2)cc1. The molecule has 33 heavy (non-hydrogen) atoms. The molecule has 0 bridgehead atoms. The molecule has 174 valence electrons. The molecule has 3 rings (SSSR count). The van der Waals surface area contributed by atoms with Crippen LogP contribution in [0.1, 0.15) is 21.5 Å². The quantitative estimate of drug-likeness (QED) is 0.401. The van der Waals surface area contributed by atoms with Crippen molar-refractivity contribution in [2.75, 3.05) is 23.7 Å². The highest BCUT2D eigenvalue weighted by molar-refractivity contribution is 7.98. The van der Waals surface area contributed by atoms with E-state index in [1.165, 1.54) is 29.2 Å². The van der Waals surface area contributed by atoms with Crippen molar-refractivity contribution in [1.29, 1.82) is 0 Å². The van der Waals surface area contributed by atoms with Gasteiger partial charge in [0.1, 0.15) is 5.82 Å². The number of halogens is 2. The first-order valence-corrected chi connectivity index (χ1v) is 13.1. The Bertz CT molecular complexity index is 1200. The summed E-state index contributed by atoms with van der Waals surface area (Å²) < 4.78 is 40.6. The Hall–Kier alpha value is -2.55. The molecule has 0 aliphatic heterocycles. The summed E-state index contributed by atoms with van der Waals surface area (Å²) in [4.78, 5) is 12.6. The van der Waals surface area contributed by atoms with E-state index in [1.807, 2.05) is 6.92 Å². The maximum atomic E-state index is 13.8. The number of nitrogens with one attached hydrogen (secondary N) is 1. The van der Waals surface area contributed by atoms with Crippen LogP contribution in [0.15, 0.2) is 71.6 Å². The van der Waals surface area contributed by atoms with E-state index in [9.17, 15) is 17.6 Å². The minimum atomic E-state index is -3.70. The van der Waals surface area contributed by atoms with Gasteiger partial charge in [0.15, 0.2) is 0 Å². The van der Waals surface area contributed by atoms with Crippen molar-refractivity contribution in [3.8, 4) is 0 Å². The fourth-order valence-electron chi connectivity index (χ4n) is 3.01. The zero-order valence-corrected chi connectivity index (χ0v) is 20.6. The Morgan fingerprint density at radius 3 is 2.36 bits per heavy atom. The van der Waals surface area contributed by atoms with E-state index in [2.05, 4.69) is 5.32 Å². The summed E-state index contributed by atoms with van der Waals surface area (Å²) in [5, 5.41) is 3.20. The zero-order valence-electron chi connectivity index (χ0n) is 18.2. The molecule has 5 nitrogen and oxygen atoms in total. The van der Waals surface area contributed by atoms with Crippen LogP contribution < -0.4 is 9.62 Å². The van der Waals surface area contributed by atoms with E-state index in [1.54, 1.807) is 60.7 Å². The van der Waals surface area contributed by atoms with Crippen molar-refractivity contribution >= 4 is 45.0 Å². The normalized spacial score (nSPS) is 11.3. The summed E-state index contributed by atoms with van der Waals surface area (Å²) >= 11 is 7.48. The molecular weight excluding hydrogens is 483 g/mol. The van der Waals surface area contributed by atoms with Gasteiger partial charge in [0.05, 0.1) is 10.6 Å². The smallest absolute Gasteiger partial charge is 0.264 e. The Morgan fingerprint density at radius 1 is 1.06 bits per heavy atom. The molecule has 1 N–H and O–H groups in total. The van der Waals surface area contributed by atoms with E-state index in [4.69, 9.17) is 11.6 Å². The number of rotatable bonds is 9. The molecule has 0 atom stereocenters. The predicted molar refractivity (Wildman–Crippen MR) is 133 cm³/mol. The number of amides is 1. The van der Waals surface area contributed by atoms with E-state index in [-0.39, 0.29) is 16.6 Å². The Balaban J connectivity index is 1.53. The molecule has 0 saturated heterocycles. The summed E-state index contributed by atoms with van der Waals surface area (Å²) in [6, 6.07) is 17.6. The van der Waals surface area contributed by atoms with Crippen LogP contribution in [-0.4, -0.2) is 33.7 Å². The minimum Gasteiger partial charge on any atom is -0.351 e. The van der Waals surface area contributed by atoms with Gasteiger partial charge in [-0.1, -0.05) is 35.4 Å². The third-order valence-electron chi connectivity index (χ3n) is 5.01. The molecular formula is C24H24ClFN2O3S2. The van der Waals surface area contributed by atoms with Crippen LogP contribution >= 0.6 is 23.4 Å². The van der Waals surface area contributed by atoms with E-state index >= 15 is 0 Å². The van der Waals surface area contributed by atoms with Crippen molar-refractivity contribution in [2.24, 2.45) is 0 Å². The highest BCUT2D eigenvalue weighted by Crippen LogP contribution is 2.24. The molecule has 0 unspecified atom stereocenters. The van der Waals surface area contributed by atoms with Crippen LogP contribution in [0.25, 0.3) is 0 Å². The summed E-state index contributed by atoms with van der Waals surface area (Å²) in [5.74, 6) is 0.396. The third-order valence-corrected chi connectivity index (χ3v) is 8.15. The molecule has 9 heteroatoms. The molecule has 0 saturated carbocycles. The number of carbonyl (C=O) groups is 1. The van der Waals surface area contributed by atoms with Gasteiger partial charge in [0.2, 0.25) is 0 Å². The number of anilines is 1. The number of nitrogens with zero attached hydrogens (tertiary/aromatic N) is 1. The van der Waals surface area contributed by atoms with Crippen LogP contribution in [0.5, 0.6) is 0 Å². The second-order valence-corrected chi connectivity index (χ2v) is 10.8. The number of sulfonamides is 1. The van der Waals surface area contributed by atoms with Crippen LogP contribution in [0.4, 0.5) is 10.1 Å². The molecule has 0 spiro atoms. The van der Waals surface area contributed by atoms with Gasteiger partial charge in [-0.05, 0) is 55.5 Å². The maximum absolute atomic E-state index is 13.8. The molecule has 1 amide bonds. The summed E-state index contributed by atoms with van der Waals surface area (Å²) in [7, 11) is -2.22. The molecule has 0 heterocycles. The lowest BCUT2D eigenvalue weighted by molar-refractivity contribution is 0.0956. The Morgan fingerprint density at radius 2 is 1.73 bits per heavy atom. The minimum absolute atomic E-state index is 0.201. The molecule has 0 fully saturated rings. The topological polar surface area (TPSA) is 66.5 Å². The van der Waals surface area contributed by atoms with Crippen LogP contribution in [0, 0.1) is 12.7 Å². The van der Waals surface area contributed by atoms with Crippen molar-refractivity contribution in [3.63, 3.8) is 0 Å². The molecule has 0 aromatic heterocycles. The van der Waals surface area contributed by atoms with Gasteiger partial charge in [-0.2, -0.15) is 11.8 Å². The average Bonchev–Trinajstić information content (AvgIpc) is 2.80. The van der Waals surface area contributed by atoms with Gasteiger partial charge in [0, 0.05) is 41.2 Å². The van der Waals surface area contributed by atoms with Gasteiger partial charge in [-0.15, -0.1) is 0 Å². The van der Waals surface area contributed by atoms with Crippen molar-refractivity contribution in [2.45, 2.75) is 17.6 Å². The summed E-state index contributed by atoms with van der Waals surface area (Å²) in [6.07, 6.45) is 0. The van der Waals surface area contributed by atoms with E-state index in [0.29, 0.717) is 39.9 Å². The number of benzene rings is 3. The predicted octanol–water partition coefficient (Wildman–Crippen LogP) is 5.28. The largest absolute Gasteiger partial charge is 0.351 e. The lowest BCUT2D eigenvalue weighted by Gasteiger charge is -2.20. The average molecular weight is 507 g/mol. The number of aryl methyl sites for hydroxylation is 1. The first-order valence-electron chi connectivity index (χ1n) is 10.1. The standard InChI is InChI=1S/C24H24ClFN2O3S2/c1-17-6-12-20(13-7-17)33(30,31)28(2)19-10-8-18(9-11-19)24(29)27-14-15-32-16-21-22(25)4-3-5-23(21)26/h3-13H,14-16H2,1-2H3,(H,27,29). The lowest BCUT2D eigenvalue weighted by atomic mass is 10.2. The number of hydrogen-bond acceptors (Lipinski definition) is 4. The number of carbonyl (C=O) groups excluding carboxylic acids is 1.